The summed E-state index contributed by atoms with van der Waals surface area (Å²) in [7, 11) is 3.54. The molecule has 0 radical (unpaired) electrons. The van der Waals surface area contributed by atoms with Gasteiger partial charge in [-0.1, -0.05) is 47.5 Å². The van der Waals surface area contributed by atoms with Gasteiger partial charge in [-0.05, 0) is 43.4 Å². The molecule has 7 rings (SSSR count). The van der Waals surface area contributed by atoms with Gasteiger partial charge in [0.05, 0.1) is 34.2 Å². The molecule has 0 unspecified atom stereocenters. The number of methoxy groups -OCH3 is 1. The number of imidazole rings is 1. The monoisotopic (exact) mass is 731 g/mol. The highest BCUT2D eigenvalue weighted by Gasteiger charge is 2.28. The van der Waals surface area contributed by atoms with Crippen LogP contribution in [0.1, 0.15) is 53.3 Å². The van der Waals surface area contributed by atoms with Crippen LogP contribution >= 0.6 is 23.2 Å². The zero-order valence-electron chi connectivity index (χ0n) is 28.9. The number of carbonyl (C=O) groups is 2. The Balaban J connectivity index is 1.06. The second-order valence-electron chi connectivity index (χ2n) is 13.5. The van der Waals surface area contributed by atoms with E-state index in [4.69, 9.17) is 37.7 Å². The minimum Gasteiger partial charge on any atom is -0.496 e. The van der Waals surface area contributed by atoms with Gasteiger partial charge in [-0.2, -0.15) is 0 Å². The molecular formula is C38H43Cl2N7O4. The third-order valence-corrected chi connectivity index (χ3v) is 11.0. The molecule has 4 aromatic rings. The Labute approximate surface area is 308 Å². The van der Waals surface area contributed by atoms with Crippen molar-refractivity contribution in [2.45, 2.75) is 51.2 Å². The molecule has 0 saturated carbocycles. The molecular weight excluding hydrogens is 689 g/mol. The first-order valence-electron chi connectivity index (χ1n) is 17.6. The number of pyridine rings is 1. The molecule has 3 aliphatic rings. The minimum atomic E-state index is -0.321. The van der Waals surface area contributed by atoms with Crippen molar-refractivity contribution >= 4 is 40.7 Å². The van der Waals surface area contributed by atoms with Crippen LogP contribution in [-0.4, -0.2) is 77.2 Å². The lowest BCUT2D eigenvalue weighted by Crippen LogP contribution is -2.36. The number of amides is 2. The molecule has 13 heteroatoms. The molecule has 5 heterocycles. The molecule has 0 bridgehead atoms. The van der Waals surface area contributed by atoms with Crippen molar-refractivity contribution in [2.24, 2.45) is 13.0 Å². The van der Waals surface area contributed by atoms with Crippen LogP contribution in [0.5, 0.6) is 5.75 Å². The summed E-state index contributed by atoms with van der Waals surface area (Å²) in [5, 5.41) is 10.2. The van der Waals surface area contributed by atoms with Crippen molar-refractivity contribution in [3.8, 4) is 28.1 Å². The fourth-order valence-corrected chi connectivity index (χ4v) is 7.95. The Hall–Kier alpha value is -4.00. The summed E-state index contributed by atoms with van der Waals surface area (Å²) in [4.78, 5) is 37.0. The number of nitrogens with zero attached hydrogens (tertiary/aromatic N) is 4. The van der Waals surface area contributed by atoms with Gasteiger partial charge in [-0.25, -0.2) is 4.98 Å². The van der Waals surface area contributed by atoms with E-state index in [1.807, 2.05) is 48.0 Å². The van der Waals surface area contributed by atoms with Gasteiger partial charge >= 0.3 is 0 Å². The van der Waals surface area contributed by atoms with Crippen LogP contribution < -0.4 is 20.7 Å². The average Bonchev–Trinajstić information content (AvgIpc) is 3.71. The number of aromatic nitrogens is 3. The first-order chi connectivity index (χ1) is 24.8. The molecule has 0 spiro atoms. The average molecular weight is 733 g/mol. The summed E-state index contributed by atoms with van der Waals surface area (Å²) >= 11 is 14.0. The van der Waals surface area contributed by atoms with E-state index in [0.717, 1.165) is 81.0 Å². The molecule has 2 aromatic carbocycles. The lowest BCUT2D eigenvalue weighted by atomic mass is 9.98. The van der Waals surface area contributed by atoms with Gasteiger partial charge in [0.2, 0.25) is 5.91 Å². The number of halogens is 2. The predicted octanol–water partition coefficient (Wildman–Crippen LogP) is 5.87. The SMILES string of the molecule is COc1cc(-c2nccc(-c3cccc(NC(=O)c4nc5c(n4C)CCN(CC4CCOCC4)C5)c3Cl)c2Cl)ccc1CNC[C@@H]1CCC(=O)N1. The van der Waals surface area contributed by atoms with Gasteiger partial charge in [0, 0.05) is 106 Å². The summed E-state index contributed by atoms with van der Waals surface area (Å²) in [6.07, 6.45) is 6.14. The number of nitrogens with one attached hydrogen (secondary N) is 3. The molecule has 2 fully saturated rings. The van der Waals surface area contributed by atoms with Gasteiger partial charge < -0.3 is 30.0 Å². The van der Waals surface area contributed by atoms with E-state index in [1.54, 1.807) is 19.4 Å². The largest absolute Gasteiger partial charge is 0.496 e. The molecule has 2 amide bonds. The highest BCUT2D eigenvalue weighted by molar-refractivity contribution is 6.39. The number of carbonyl (C=O) groups excluding carboxylic acids is 2. The first kappa shape index (κ1) is 35.4. The molecule has 268 valence electrons. The van der Waals surface area contributed by atoms with Crippen LogP contribution in [-0.2, 0) is 36.1 Å². The summed E-state index contributed by atoms with van der Waals surface area (Å²) in [6, 6.07) is 13.3. The zero-order valence-corrected chi connectivity index (χ0v) is 30.4. The van der Waals surface area contributed by atoms with E-state index < -0.39 is 0 Å². The third-order valence-electron chi connectivity index (χ3n) is 10.2. The zero-order chi connectivity index (χ0) is 35.5. The Morgan fingerprint density at radius 2 is 1.90 bits per heavy atom. The number of anilines is 1. The van der Waals surface area contributed by atoms with Gasteiger partial charge in [0.1, 0.15) is 5.75 Å². The van der Waals surface area contributed by atoms with Crippen LogP contribution in [0.4, 0.5) is 5.69 Å². The number of ether oxygens (including phenoxy) is 2. The third kappa shape index (κ3) is 7.78. The van der Waals surface area contributed by atoms with E-state index in [9.17, 15) is 9.59 Å². The van der Waals surface area contributed by atoms with Crippen molar-refractivity contribution < 1.29 is 19.1 Å². The van der Waals surface area contributed by atoms with Gasteiger partial charge in [-0.15, -0.1) is 0 Å². The first-order valence-corrected chi connectivity index (χ1v) is 18.3. The maximum Gasteiger partial charge on any atom is 0.291 e. The minimum absolute atomic E-state index is 0.101. The highest BCUT2D eigenvalue weighted by atomic mass is 35.5. The smallest absolute Gasteiger partial charge is 0.291 e. The Morgan fingerprint density at radius 3 is 2.69 bits per heavy atom. The maximum absolute atomic E-state index is 13.6. The summed E-state index contributed by atoms with van der Waals surface area (Å²) in [5.74, 6) is 1.48. The lowest BCUT2D eigenvalue weighted by molar-refractivity contribution is -0.119. The van der Waals surface area contributed by atoms with Crippen molar-refractivity contribution in [2.75, 3.05) is 45.3 Å². The Morgan fingerprint density at radius 1 is 1.08 bits per heavy atom. The van der Waals surface area contributed by atoms with Crippen LogP contribution in [0.15, 0.2) is 48.7 Å². The van der Waals surface area contributed by atoms with Crippen LogP contribution in [0.3, 0.4) is 0 Å². The number of hydrogen-bond acceptors (Lipinski definition) is 8. The van der Waals surface area contributed by atoms with E-state index in [1.165, 1.54) is 0 Å². The quantitative estimate of drug-likeness (QED) is 0.175. The molecule has 2 saturated heterocycles. The molecule has 0 aliphatic carbocycles. The second kappa shape index (κ2) is 15.7. The molecule has 51 heavy (non-hydrogen) atoms. The number of hydrogen-bond donors (Lipinski definition) is 3. The molecule has 2 aromatic heterocycles. The van der Waals surface area contributed by atoms with Crippen molar-refractivity contribution in [3.63, 3.8) is 0 Å². The highest BCUT2D eigenvalue weighted by Crippen LogP contribution is 2.41. The van der Waals surface area contributed by atoms with E-state index in [2.05, 4.69) is 25.8 Å². The predicted molar refractivity (Wildman–Crippen MR) is 198 cm³/mol. The van der Waals surface area contributed by atoms with E-state index >= 15 is 0 Å². The number of rotatable bonds is 11. The van der Waals surface area contributed by atoms with Crippen molar-refractivity contribution in [3.05, 3.63) is 81.5 Å². The second-order valence-corrected chi connectivity index (χ2v) is 14.3. The molecule has 1 atom stereocenters. The van der Waals surface area contributed by atoms with Crippen molar-refractivity contribution in [1.82, 2.24) is 30.1 Å². The van der Waals surface area contributed by atoms with Gasteiger partial charge in [0.25, 0.3) is 5.91 Å². The maximum atomic E-state index is 13.6. The van der Waals surface area contributed by atoms with Gasteiger partial charge in [0.15, 0.2) is 5.82 Å². The normalized spacial score (nSPS) is 18.0. The Kier molecular flexibility index (Phi) is 10.9. The summed E-state index contributed by atoms with van der Waals surface area (Å²) < 4.78 is 13.2. The van der Waals surface area contributed by atoms with E-state index in [-0.39, 0.29) is 17.9 Å². The van der Waals surface area contributed by atoms with Crippen molar-refractivity contribution in [1.29, 1.82) is 0 Å². The molecule has 11 nitrogen and oxygen atoms in total. The molecule has 3 aliphatic heterocycles. The summed E-state index contributed by atoms with van der Waals surface area (Å²) in [5.41, 5.74) is 6.21. The standard InChI is InChI=1S/C38H43Cl2N7O4/c1-46-31-11-15-47(21-23-12-16-51-17-13-23)22-30(31)44-37(46)38(49)45-29-5-3-4-27(34(29)39)28-10-14-42-36(35(28)40)24-6-7-25(32(18-24)50-2)19-41-20-26-8-9-33(48)43-26/h3-7,10,14,18,23,26,41H,8-9,11-13,15-17,19-22H2,1-2H3,(H,43,48)(H,45,49)/t26-/m0/s1. The van der Waals surface area contributed by atoms with Crippen LogP contribution in [0.2, 0.25) is 10.0 Å². The van der Waals surface area contributed by atoms with Crippen LogP contribution in [0.25, 0.3) is 22.4 Å². The van der Waals surface area contributed by atoms with Crippen LogP contribution in [0, 0.1) is 5.92 Å². The fraction of sp³-hybridized carbons (Fsp3) is 0.421. The summed E-state index contributed by atoms with van der Waals surface area (Å²) in [6.45, 7) is 5.66. The number of benzene rings is 2. The van der Waals surface area contributed by atoms with Gasteiger partial charge in [-0.3, -0.25) is 19.5 Å². The Bertz CT molecular complexity index is 1930. The fourth-order valence-electron chi connectivity index (χ4n) is 7.35. The molecule has 3 N–H and O–H groups in total. The lowest BCUT2D eigenvalue weighted by Gasteiger charge is -2.31. The number of fused-ring (bicyclic) bond motifs is 1. The topological polar surface area (TPSA) is 123 Å². The van der Waals surface area contributed by atoms with E-state index in [0.29, 0.717) is 69.6 Å².